The number of fused-ring (bicyclic) bond motifs is 1. The maximum Gasteiger partial charge on any atom is 0.262 e. The van der Waals surface area contributed by atoms with Gasteiger partial charge in [0.05, 0.1) is 0 Å². The lowest BCUT2D eigenvalue weighted by Crippen LogP contribution is -2.20. The average Bonchev–Trinajstić information content (AvgIpc) is 2.60. The predicted octanol–water partition coefficient (Wildman–Crippen LogP) is 4.69. The zero-order valence-electron chi connectivity index (χ0n) is 14.1. The lowest BCUT2D eigenvalue weighted by atomic mass is 10.1. The van der Waals surface area contributed by atoms with E-state index in [9.17, 15) is 4.79 Å². The molecule has 0 saturated heterocycles. The number of nitrogens with zero attached hydrogens (tertiary/aromatic N) is 1. The summed E-state index contributed by atoms with van der Waals surface area (Å²) < 4.78 is 6.64. The van der Waals surface area contributed by atoms with E-state index in [2.05, 4.69) is 21.2 Å². The molecule has 0 aliphatic carbocycles. The third-order valence-corrected chi connectivity index (χ3v) is 4.30. The van der Waals surface area contributed by atoms with Crippen LogP contribution >= 0.6 is 15.9 Å². The smallest absolute Gasteiger partial charge is 0.262 e. The van der Waals surface area contributed by atoms with E-state index < -0.39 is 0 Å². The van der Waals surface area contributed by atoms with Crippen molar-refractivity contribution < 1.29 is 9.53 Å². The number of hydrogen-bond donors (Lipinski definition) is 1. The van der Waals surface area contributed by atoms with Crippen molar-refractivity contribution in [1.29, 1.82) is 0 Å². The van der Waals surface area contributed by atoms with E-state index in [0.29, 0.717) is 5.75 Å². The fourth-order valence-electron chi connectivity index (χ4n) is 2.47. The van der Waals surface area contributed by atoms with E-state index in [1.807, 2.05) is 79.7 Å². The molecule has 3 aromatic carbocycles. The van der Waals surface area contributed by atoms with E-state index in [1.54, 1.807) is 0 Å². The van der Waals surface area contributed by atoms with Crippen LogP contribution in [0.25, 0.3) is 10.8 Å². The summed E-state index contributed by atoms with van der Waals surface area (Å²) in [7, 11) is 3.95. The molecule has 0 heterocycles. The van der Waals surface area contributed by atoms with Gasteiger partial charge in [0.25, 0.3) is 5.91 Å². The molecule has 1 amide bonds. The molecule has 0 unspecified atom stereocenters. The van der Waals surface area contributed by atoms with Gasteiger partial charge in [-0.2, -0.15) is 0 Å². The number of anilines is 2. The van der Waals surface area contributed by atoms with Gasteiger partial charge in [0, 0.05) is 29.9 Å². The Labute approximate surface area is 155 Å². The fraction of sp³-hybridized carbons (Fsp3) is 0.150. The minimum Gasteiger partial charge on any atom is -0.484 e. The number of nitrogens with one attached hydrogen (secondary N) is 1. The summed E-state index contributed by atoms with van der Waals surface area (Å²) in [4.78, 5) is 14.1. The van der Waals surface area contributed by atoms with Crippen LogP contribution in [0.3, 0.4) is 0 Å². The van der Waals surface area contributed by atoms with Crippen molar-refractivity contribution in [2.75, 3.05) is 30.9 Å². The molecule has 4 nitrogen and oxygen atoms in total. The maximum atomic E-state index is 12.1. The molecule has 25 heavy (non-hydrogen) atoms. The quantitative estimate of drug-likeness (QED) is 0.677. The van der Waals surface area contributed by atoms with Crippen LogP contribution in [0.2, 0.25) is 0 Å². The second kappa shape index (κ2) is 7.57. The minimum atomic E-state index is -0.187. The van der Waals surface area contributed by atoms with Crippen LogP contribution < -0.4 is 15.0 Å². The Bertz CT molecular complexity index is 892. The van der Waals surface area contributed by atoms with E-state index in [0.717, 1.165) is 26.6 Å². The van der Waals surface area contributed by atoms with E-state index in [4.69, 9.17) is 4.74 Å². The van der Waals surface area contributed by atoms with Gasteiger partial charge < -0.3 is 15.0 Å². The number of carbonyl (C=O) groups excluding carboxylic acids is 1. The third-order valence-electron chi connectivity index (χ3n) is 3.81. The lowest BCUT2D eigenvalue weighted by Gasteiger charge is -2.13. The van der Waals surface area contributed by atoms with Gasteiger partial charge in [0.1, 0.15) is 5.75 Å². The number of ether oxygens (including phenoxy) is 1. The zero-order valence-corrected chi connectivity index (χ0v) is 15.7. The summed E-state index contributed by atoms with van der Waals surface area (Å²) in [5.41, 5.74) is 1.83. The largest absolute Gasteiger partial charge is 0.484 e. The Balaban J connectivity index is 1.59. The van der Waals surface area contributed by atoms with Crippen molar-refractivity contribution in [2.45, 2.75) is 0 Å². The summed E-state index contributed by atoms with van der Waals surface area (Å²) >= 11 is 3.46. The van der Waals surface area contributed by atoms with Crippen LogP contribution in [-0.4, -0.2) is 26.6 Å². The molecule has 1 N–H and O–H groups in total. The van der Waals surface area contributed by atoms with Crippen molar-refractivity contribution in [2.24, 2.45) is 0 Å². The summed E-state index contributed by atoms with van der Waals surface area (Å²) in [6, 6.07) is 19.5. The summed E-state index contributed by atoms with van der Waals surface area (Å²) in [5.74, 6) is 0.487. The highest BCUT2D eigenvalue weighted by atomic mass is 79.9. The van der Waals surface area contributed by atoms with Crippen molar-refractivity contribution >= 4 is 44.0 Å². The molecular weight excluding hydrogens is 380 g/mol. The molecule has 3 rings (SSSR count). The lowest BCUT2D eigenvalue weighted by molar-refractivity contribution is -0.118. The number of carbonyl (C=O) groups is 1. The van der Waals surface area contributed by atoms with E-state index in [-0.39, 0.29) is 12.5 Å². The van der Waals surface area contributed by atoms with Gasteiger partial charge in [-0.15, -0.1) is 0 Å². The zero-order chi connectivity index (χ0) is 17.8. The van der Waals surface area contributed by atoms with Crippen molar-refractivity contribution in [3.05, 3.63) is 65.1 Å². The standard InChI is InChI=1S/C20H19BrN2O2/c1-23(2)18-8-6-17(7-9-18)22-20(24)13-25-19-10-4-14-11-16(21)5-3-15(14)12-19/h3-12H,13H2,1-2H3,(H,22,24). The molecule has 5 heteroatoms. The van der Waals surface area contributed by atoms with Gasteiger partial charge in [-0.3, -0.25) is 4.79 Å². The van der Waals surface area contributed by atoms with Gasteiger partial charge in [0.2, 0.25) is 0 Å². The molecule has 0 radical (unpaired) electrons. The fourth-order valence-corrected chi connectivity index (χ4v) is 2.85. The Morgan fingerprint density at radius 3 is 2.40 bits per heavy atom. The van der Waals surface area contributed by atoms with Gasteiger partial charge >= 0.3 is 0 Å². The monoisotopic (exact) mass is 398 g/mol. The molecule has 0 atom stereocenters. The van der Waals surface area contributed by atoms with Crippen molar-refractivity contribution in [3.63, 3.8) is 0 Å². The number of amides is 1. The third kappa shape index (κ3) is 4.51. The molecule has 0 bridgehead atoms. The first-order valence-electron chi connectivity index (χ1n) is 7.90. The van der Waals surface area contributed by atoms with Crippen LogP contribution in [0.1, 0.15) is 0 Å². The Hall–Kier alpha value is -2.53. The second-order valence-corrected chi connectivity index (χ2v) is 6.85. The Morgan fingerprint density at radius 2 is 1.68 bits per heavy atom. The highest BCUT2D eigenvalue weighted by Crippen LogP contribution is 2.24. The molecule has 0 spiro atoms. The van der Waals surface area contributed by atoms with Crippen LogP contribution in [0.4, 0.5) is 11.4 Å². The van der Waals surface area contributed by atoms with Crippen LogP contribution in [-0.2, 0) is 4.79 Å². The number of hydrogen-bond acceptors (Lipinski definition) is 3. The first-order valence-corrected chi connectivity index (χ1v) is 8.70. The van der Waals surface area contributed by atoms with E-state index >= 15 is 0 Å². The van der Waals surface area contributed by atoms with Gasteiger partial charge in [0.15, 0.2) is 6.61 Å². The van der Waals surface area contributed by atoms with Crippen LogP contribution in [0.5, 0.6) is 5.75 Å². The molecule has 0 saturated carbocycles. The Morgan fingerprint density at radius 1 is 1.00 bits per heavy atom. The number of halogens is 1. The molecule has 128 valence electrons. The molecule has 0 aromatic heterocycles. The van der Waals surface area contributed by atoms with Gasteiger partial charge in [-0.05, 0) is 59.3 Å². The molecule has 0 aliphatic heterocycles. The predicted molar refractivity (Wildman–Crippen MR) is 107 cm³/mol. The minimum absolute atomic E-state index is 0.0303. The van der Waals surface area contributed by atoms with Crippen LogP contribution in [0, 0.1) is 0 Å². The summed E-state index contributed by atoms with van der Waals surface area (Å²) in [5, 5.41) is 5.02. The normalized spacial score (nSPS) is 10.5. The molecular formula is C20H19BrN2O2. The SMILES string of the molecule is CN(C)c1ccc(NC(=O)COc2ccc3cc(Br)ccc3c2)cc1. The van der Waals surface area contributed by atoms with Crippen molar-refractivity contribution in [1.82, 2.24) is 0 Å². The maximum absolute atomic E-state index is 12.1. The first kappa shape index (κ1) is 17.3. The number of benzene rings is 3. The number of rotatable bonds is 5. The van der Waals surface area contributed by atoms with Gasteiger partial charge in [-0.25, -0.2) is 0 Å². The summed E-state index contributed by atoms with van der Waals surface area (Å²) in [6.07, 6.45) is 0. The average molecular weight is 399 g/mol. The van der Waals surface area contributed by atoms with E-state index in [1.165, 1.54) is 0 Å². The molecule has 0 aliphatic rings. The highest BCUT2D eigenvalue weighted by Gasteiger charge is 2.05. The van der Waals surface area contributed by atoms with Crippen LogP contribution in [0.15, 0.2) is 65.1 Å². The summed E-state index contributed by atoms with van der Waals surface area (Å²) in [6.45, 7) is -0.0303. The Kier molecular flexibility index (Phi) is 5.24. The first-order chi connectivity index (χ1) is 12.0. The van der Waals surface area contributed by atoms with Gasteiger partial charge in [-0.1, -0.05) is 28.1 Å². The van der Waals surface area contributed by atoms with Crippen molar-refractivity contribution in [3.8, 4) is 5.75 Å². The second-order valence-electron chi connectivity index (χ2n) is 5.93. The molecule has 3 aromatic rings. The molecule has 0 fully saturated rings. The highest BCUT2D eigenvalue weighted by molar-refractivity contribution is 9.10. The topological polar surface area (TPSA) is 41.6 Å².